The maximum Gasteiger partial charge on any atom is 0.271 e. The third kappa shape index (κ3) is 3.53. The van der Waals surface area contributed by atoms with Crippen molar-refractivity contribution in [2.45, 2.75) is 16.0 Å². The number of nitrogens with one attached hydrogen (secondary N) is 1. The highest BCUT2D eigenvalue weighted by molar-refractivity contribution is 9.11. The lowest BCUT2D eigenvalue weighted by molar-refractivity contribution is 0.603. The molecule has 0 unspecified atom stereocenters. The van der Waals surface area contributed by atoms with E-state index in [1.54, 1.807) is 23.9 Å². The molecule has 2 aromatic rings. The molecule has 19 heavy (non-hydrogen) atoms. The van der Waals surface area contributed by atoms with Gasteiger partial charge in [0.05, 0.1) is 3.79 Å². The molecule has 1 aromatic heterocycles. The van der Waals surface area contributed by atoms with E-state index >= 15 is 0 Å². The molecule has 0 saturated heterocycles. The van der Waals surface area contributed by atoms with Gasteiger partial charge in [0, 0.05) is 10.6 Å². The van der Waals surface area contributed by atoms with Crippen LogP contribution in [-0.4, -0.2) is 14.7 Å². The zero-order valence-electron chi connectivity index (χ0n) is 10.3. The SMILES string of the molecule is CSc1cccc(NS(=O)(=O)c2cc(C)c(Br)s2)c1. The highest BCUT2D eigenvalue weighted by Gasteiger charge is 2.18. The first-order valence-corrected chi connectivity index (χ1v) is 9.67. The van der Waals surface area contributed by atoms with Crippen LogP contribution < -0.4 is 4.72 Å². The van der Waals surface area contributed by atoms with Crippen LogP contribution in [0.3, 0.4) is 0 Å². The van der Waals surface area contributed by atoms with E-state index in [0.717, 1.165) is 14.2 Å². The fourth-order valence-corrected chi connectivity index (χ4v) is 5.19. The molecule has 0 atom stereocenters. The minimum Gasteiger partial charge on any atom is -0.279 e. The molecule has 0 aliphatic heterocycles. The van der Waals surface area contributed by atoms with Crippen molar-refractivity contribution in [2.24, 2.45) is 0 Å². The maximum absolute atomic E-state index is 12.2. The minimum atomic E-state index is -3.51. The molecule has 2 rings (SSSR count). The summed E-state index contributed by atoms with van der Waals surface area (Å²) in [5.41, 5.74) is 1.50. The van der Waals surface area contributed by atoms with Gasteiger partial charge in [0.15, 0.2) is 0 Å². The van der Waals surface area contributed by atoms with Gasteiger partial charge < -0.3 is 0 Å². The Labute approximate surface area is 129 Å². The number of halogens is 1. The topological polar surface area (TPSA) is 46.2 Å². The number of hydrogen-bond donors (Lipinski definition) is 1. The molecule has 1 heterocycles. The molecule has 0 spiro atoms. The summed E-state index contributed by atoms with van der Waals surface area (Å²) in [5.74, 6) is 0. The van der Waals surface area contributed by atoms with Crippen LogP contribution in [0.1, 0.15) is 5.56 Å². The van der Waals surface area contributed by atoms with Crippen LogP contribution in [0.2, 0.25) is 0 Å². The molecule has 7 heteroatoms. The van der Waals surface area contributed by atoms with E-state index in [4.69, 9.17) is 0 Å². The first kappa shape index (κ1) is 14.9. The second-order valence-electron chi connectivity index (χ2n) is 3.86. The van der Waals surface area contributed by atoms with E-state index in [1.165, 1.54) is 11.3 Å². The van der Waals surface area contributed by atoms with Gasteiger partial charge in [0.1, 0.15) is 4.21 Å². The normalized spacial score (nSPS) is 11.5. The summed E-state index contributed by atoms with van der Waals surface area (Å²) in [4.78, 5) is 1.02. The Morgan fingerprint density at radius 2 is 2.05 bits per heavy atom. The number of hydrogen-bond acceptors (Lipinski definition) is 4. The van der Waals surface area contributed by atoms with E-state index in [2.05, 4.69) is 20.7 Å². The largest absolute Gasteiger partial charge is 0.279 e. The molecule has 0 aliphatic rings. The Morgan fingerprint density at radius 3 is 2.63 bits per heavy atom. The van der Waals surface area contributed by atoms with E-state index < -0.39 is 10.0 Å². The predicted octanol–water partition coefficient (Wildman–Crippen LogP) is 4.34. The number of aryl methyl sites for hydroxylation is 1. The Bertz CT molecular complexity index is 675. The summed E-state index contributed by atoms with van der Waals surface area (Å²) in [5, 5.41) is 0. The van der Waals surface area contributed by atoms with Crippen molar-refractivity contribution in [3.8, 4) is 0 Å². The molecule has 0 amide bonds. The van der Waals surface area contributed by atoms with Gasteiger partial charge >= 0.3 is 0 Å². The van der Waals surface area contributed by atoms with Crippen molar-refractivity contribution in [3.05, 3.63) is 39.7 Å². The van der Waals surface area contributed by atoms with E-state index in [1.807, 2.05) is 31.4 Å². The fraction of sp³-hybridized carbons (Fsp3) is 0.167. The average Bonchev–Trinajstić information content (AvgIpc) is 2.70. The maximum atomic E-state index is 12.2. The lowest BCUT2D eigenvalue weighted by Crippen LogP contribution is -2.11. The van der Waals surface area contributed by atoms with Crippen LogP contribution >= 0.6 is 39.0 Å². The van der Waals surface area contributed by atoms with Crippen molar-refractivity contribution in [2.75, 3.05) is 11.0 Å². The number of benzene rings is 1. The molecule has 0 radical (unpaired) electrons. The van der Waals surface area contributed by atoms with Crippen LogP contribution in [0.15, 0.2) is 43.2 Å². The number of thioether (sulfide) groups is 1. The van der Waals surface area contributed by atoms with Crippen LogP contribution in [0, 0.1) is 6.92 Å². The highest BCUT2D eigenvalue weighted by atomic mass is 79.9. The van der Waals surface area contributed by atoms with E-state index in [9.17, 15) is 8.42 Å². The Balaban J connectivity index is 2.30. The smallest absolute Gasteiger partial charge is 0.271 e. The number of rotatable bonds is 4. The lowest BCUT2D eigenvalue weighted by Gasteiger charge is -2.07. The molecule has 1 N–H and O–H groups in total. The summed E-state index contributed by atoms with van der Waals surface area (Å²) in [6, 6.07) is 8.99. The number of sulfonamides is 1. The van der Waals surface area contributed by atoms with Gasteiger partial charge in [-0.1, -0.05) is 6.07 Å². The summed E-state index contributed by atoms with van der Waals surface area (Å²) in [7, 11) is -3.51. The summed E-state index contributed by atoms with van der Waals surface area (Å²) < 4.78 is 28.2. The fourth-order valence-electron chi connectivity index (χ4n) is 1.46. The van der Waals surface area contributed by atoms with Gasteiger partial charge in [-0.25, -0.2) is 8.42 Å². The number of anilines is 1. The number of thiophene rings is 1. The highest BCUT2D eigenvalue weighted by Crippen LogP contribution is 2.31. The Kier molecular flexibility index (Phi) is 4.60. The molecule has 0 saturated carbocycles. The van der Waals surface area contributed by atoms with Gasteiger partial charge in [0.25, 0.3) is 10.0 Å². The van der Waals surface area contributed by atoms with Crippen molar-refractivity contribution >= 4 is 54.7 Å². The zero-order chi connectivity index (χ0) is 14.0. The van der Waals surface area contributed by atoms with Gasteiger partial charge in [0.2, 0.25) is 0 Å². The van der Waals surface area contributed by atoms with E-state index in [0.29, 0.717) is 9.90 Å². The first-order chi connectivity index (χ1) is 8.92. The lowest BCUT2D eigenvalue weighted by atomic mass is 10.3. The summed E-state index contributed by atoms with van der Waals surface area (Å²) in [6.45, 7) is 1.87. The molecule has 3 nitrogen and oxygen atoms in total. The monoisotopic (exact) mass is 377 g/mol. The molecular formula is C12H12BrNO2S3. The van der Waals surface area contributed by atoms with Crippen molar-refractivity contribution in [3.63, 3.8) is 0 Å². The molecule has 0 aliphatic carbocycles. The van der Waals surface area contributed by atoms with Gasteiger partial charge in [-0.3, -0.25) is 4.72 Å². The summed E-state index contributed by atoms with van der Waals surface area (Å²) >= 11 is 6.12. The minimum absolute atomic E-state index is 0.312. The van der Waals surface area contributed by atoms with E-state index in [-0.39, 0.29) is 0 Å². The zero-order valence-corrected chi connectivity index (χ0v) is 14.3. The van der Waals surface area contributed by atoms with Crippen molar-refractivity contribution in [1.29, 1.82) is 0 Å². The van der Waals surface area contributed by atoms with Crippen molar-refractivity contribution < 1.29 is 8.42 Å². The van der Waals surface area contributed by atoms with Crippen LogP contribution in [0.25, 0.3) is 0 Å². The third-order valence-corrected chi connectivity index (χ3v) is 7.14. The van der Waals surface area contributed by atoms with Crippen LogP contribution in [0.5, 0.6) is 0 Å². The Hall–Kier alpha value is -0.500. The molecule has 0 fully saturated rings. The predicted molar refractivity (Wildman–Crippen MR) is 85.8 cm³/mol. The molecule has 1 aromatic carbocycles. The summed E-state index contributed by atoms with van der Waals surface area (Å²) in [6.07, 6.45) is 1.95. The van der Waals surface area contributed by atoms with Gasteiger partial charge in [-0.2, -0.15) is 0 Å². The van der Waals surface area contributed by atoms with Crippen LogP contribution in [-0.2, 0) is 10.0 Å². The Morgan fingerprint density at radius 1 is 1.32 bits per heavy atom. The van der Waals surface area contributed by atoms with Crippen molar-refractivity contribution in [1.82, 2.24) is 0 Å². The molecule has 102 valence electrons. The first-order valence-electron chi connectivity index (χ1n) is 5.35. The quantitative estimate of drug-likeness (QED) is 0.805. The second-order valence-corrected chi connectivity index (χ2v) is 9.02. The second kappa shape index (κ2) is 5.87. The van der Waals surface area contributed by atoms with Gasteiger partial charge in [-0.05, 0) is 58.9 Å². The van der Waals surface area contributed by atoms with Gasteiger partial charge in [-0.15, -0.1) is 23.1 Å². The van der Waals surface area contributed by atoms with Crippen LogP contribution in [0.4, 0.5) is 5.69 Å². The molecular weight excluding hydrogens is 366 g/mol. The average molecular weight is 378 g/mol. The molecule has 0 bridgehead atoms. The third-order valence-electron chi connectivity index (χ3n) is 2.42. The standard InChI is InChI=1S/C12H12BrNO2S3/c1-8-6-11(18-12(8)13)19(15,16)14-9-4-3-5-10(7-9)17-2/h3-7,14H,1-2H3.